The Morgan fingerprint density at radius 2 is 2.03 bits per heavy atom. The molecular weight excluding hydrogens is 444 g/mol. The number of aromatic nitrogens is 2. The Morgan fingerprint density at radius 1 is 1.24 bits per heavy atom. The van der Waals surface area contributed by atoms with Gasteiger partial charge in [-0.15, -0.1) is 0 Å². The monoisotopic (exact) mass is 468 g/mol. The highest BCUT2D eigenvalue weighted by Crippen LogP contribution is 2.27. The Kier molecular flexibility index (Phi) is 6.55. The number of hydrogen-bond acceptors (Lipinski definition) is 6. The zero-order valence-electron chi connectivity index (χ0n) is 18.9. The number of carbonyl (C=O) groups is 1. The van der Waals surface area contributed by atoms with Crippen LogP contribution in [0.1, 0.15) is 28.9 Å². The van der Waals surface area contributed by atoms with Crippen molar-refractivity contribution in [3.8, 4) is 11.5 Å². The summed E-state index contributed by atoms with van der Waals surface area (Å²) in [6, 6.07) is 13.0. The molecule has 0 spiro atoms. The Bertz CT molecular complexity index is 1220. The van der Waals surface area contributed by atoms with Gasteiger partial charge in [-0.3, -0.25) is 4.79 Å². The van der Waals surface area contributed by atoms with Crippen LogP contribution in [0.25, 0.3) is 0 Å². The number of oxime groups is 1. The molecule has 0 aliphatic carbocycles. The van der Waals surface area contributed by atoms with Gasteiger partial charge in [-0.2, -0.15) is 5.10 Å². The molecule has 33 heavy (non-hydrogen) atoms. The molecule has 2 heterocycles. The van der Waals surface area contributed by atoms with Gasteiger partial charge in [-0.1, -0.05) is 28.9 Å². The first-order valence-corrected chi connectivity index (χ1v) is 10.8. The number of carbonyl (C=O) groups excluding carboxylic acids is 1. The normalized spacial score (nSPS) is 15.1. The molecule has 0 radical (unpaired) electrons. The number of nitrogens with zero attached hydrogens (tertiary/aromatic N) is 3. The molecule has 1 aliphatic heterocycles. The molecule has 4 rings (SSSR count). The number of benzene rings is 2. The fourth-order valence-electron chi connectivity index (χ4n) is 3.61. The van der Waals surface area contributed by atoms with Crippen LogP contribution in [0.3, 0.4) is 0 Å². The molecule has 0 fully saturated rings. The smallest absolute Gasteiger partial charge is 0.268 e. The molecule has 172 valence electrons. The summed E-state index contributed by atoms with van der Waals surface area (Å²) in [4.78, 5) is 18.3. The maximum Gasteiger partial charge on any atom is 0.268 e. The zero-order valence-corrected chi connectivity index (χ0v) is 19.6. The van der Waals surface area contributed by atoms with Gasteiger partial charge in [-0.05, 0) is 56.7 Å². The van der Waals surface area contributed by atoms with Crippen LogP contribution in [-0.2, 0) is 16.4 Å². The molecule has 0 bridgehead atoms. The van der Waals surface area contributed by atoms with Crippen molar-refractivity contribution in [1.82, 2.24) is 9.78 Å². The molecule has 1 unspecified atom stereocenters. The van der Waals surface area contributed by atoms with Gasteiger partial charge >= 0.3 is 0 Å². The third kappa shape index (κ3) is 4.80. The zero-order chi connectivity index (χ0) is 23.5. The highest BCUT2D eigenvalue weighted by Gasteiger charge is 2.31. The Hall–Kier alpha value is -3.52. The lowest BCUT2D eigenvalue weighted by Gasteiger charge is -2.11. The van der Waals surface area contributed by atoms with Crippen molar-refractivity contribution < 1.29 is 19.1 Å². The van der Waals surface area contributed by atoms with Gasteiger partial charge in [0.05, 0.1) is 29.9 Å². The van der Waals surface area contributed by atoms with E-state index in [-0.39, 0.29) is 12.6 Å². The summed E-state index contributed by atoms with van der Waals surface area (Å²) >= 11 is 6.07. The van der Waals surface area contributed by atoms with Crippen molar-refractivity contribution in [3.05, 3.63) is 70.0 Å². The summed E-state index contributed by atoms with van der Waals surface area (Å²) in [5.74, 6) is 1.09. The summed E-state index contributed by atoms with van der Waals surface area (Å²) in [7, 11) is 1.60. The summed E-state index contributed by atoms with van der Waals surface area (Å²) in [6.45, 7) is 5.82. The predicted octanol–water partition coefficient (Wildman–Crippen LogP) is 4.64. The van der Waals surface area contributed by atoms with Crippen molar-refractivity contribution in [2.75, 3.05) is 12.4 Å². The first-order chi connectivity index (χ1) is 15.9. The van der Waals surface area contributed by atoms with Gasteiger partial charge in [0.2, 0.25) is 6.10 Å². The Morgan fingerprint density at radius 3 is 2.79 bits per heavy atom. The SMILES string of the molecule is COc1ccccc1C1=NOC(C(=O)Nc2c(C)nn(COc3ccc(Cl)c(C)c3)c2C)C1. The van der Waals surface area contributed by atoms with E-state index in [1.165, 1.54) is 0 Å². The molecule has 2 aromatic carbocycles. The van der Waals surface area contributed by atoms with Crippen LogP contribution in [-0.4, -0.2) is 34.6 Å². The van der Waals surface area contributed by atoms with Gasteiger partial charge in [0.25, 0.3) is 5.91 Å². The number of aryl methyl sites for hydroxylation is 2. The lowest BCUT2D eigenvalue weighted by molar-refractivity contribution is -0.125. The van der Waals surface area contributed by atoms with Crippen molar-refractivity contribution in [2.24, 2.45) is 5.16 Å². The van der Waals surface area contributed by atoms with Crippen molar-refractivity contribution >= 4 is 28.9 Å². The number of nitrogens with one attached hydrogen (secondary N) is 1. The molecule has 1 N–H and O–H groups in total. The van der Waals surface area contributed by atoms with E-state index in [1.54, 1.807) is 23.9 Å². The van der Waals surface area contributed by atoms with Crippen LogP contribution in [0.15, 0.2) is 47.6 Å². The van der Waals surface area contributed by atoms with Gasteiger partial charge in [0.1, 0.15) is 11.5 Å². The second kappa shape index (κ2) is 9.54. The Labute approximate surface area is 197 Å². The van der Waals surface area contributed by atoms with E-state index in [9.17, 15) is 4.79 Å². The van der Waals surface area contributed by atoms with Gasteiger partial charge in [0.15, 0.2) is 6.73 Å². The lowest BCUT2D eigenvalue weighted by Crippen LogP contribution is -2.28. The minimum atomic E-state index is -0.736. The van der Waals surface area contributed by atoms with Gasteiger partial charge in [-0.25, -0.2) is 4.68 Å². The standard InChI is InChI=1S/C24H25ClN4O4/c1-14-11-17(9-10-19(14)25)32-13-29-16(3)23(15(2)27-29)26-24(30)22-12-20(28-33-22)18-7-5-6-8-21(18)31-4/h5-11,22H,12-13H2,1-4H3,(H,26,30). The molecule has 9 heteroatoms. The van der Waals surface area contributed by atoms with Gasteiger partial charge < -0.3 is 19.6 Å². The third-order valence-corrected chi connectivity index (χ3v) is 5.92. The van der Waals surface area contributed by atoms with Crippen LogP contribution < -0.4 is 14.8 Å². The molecule has 1 aliphatic rings. The van der Waals surface area contributed by atoms with Gasteiger partial charge in [0, 0.05) is 17.0 Å². The third-order valence-electron chi connectivity index (χ3n) is 5.49. The number of anilines is 1. The number of halogens is 1. The largest absolute Gasteiger partial charge is 0.496 e. The van der Waals surface area contributed by atoms with E-state index >= 15 is 0 Å². The van der Waals surface area contributed by atoms with E-state index in [4.69, 9.17) is 25.9 Å². The van der Waals surface area contributed by atoms with Crippen LogP contribution >= 0.6 is 11.6 Å². The molecule has 1 amide bonds. The molecule has 3 aromatic rings. The Balaban J connectivity index is 1.40. The topological polar surface area (TPSA) is 87.0 Å². The van der Waals surface area contributed by atoms with Crippen molar-refractivity contribution in [3.63, 3.8) is 0 Å². The van der Waals surface area contributed by atoms with Crippen molar-refractivity contribution in [1.29, 1.82) is 0 Å². The molecule has 1 atom stereocenters. The number of ether oxygens (including phenoxy) is 2. The van der Waals surface area contributed by atoms with Crippen LogP contribution in [0.5, 0.6) is 11.5 Å². The molecule has 1 aromatic heterocycles. The lowest BCUT2D eigenvalue weighted by atomic mass is 10.0. The number of para-hydroxylation sites is 1. The van der Waals surface area contributed by atoms with E-state index < -0.39 is 6.10 Å². The van der Waals surface area contributed by atoms with E-state index in [0.717, 1.165) is 16.8 Å². The summed E-state index contributed by atoms with van der Waals surface area (Å²) < 4.78 is 12.9. The minimum absolute atomic E-state index is 0.199. The molecular formula is C24H25ClN4O4. The highest BCUT2D eigenvalue weighted by atomic mass is 35.5. The van der Waals surface area contributed by atoms with Crippen LogP contribution in [0.2, 0.25) is 5.02 Å². The summed E-state index contributed by atoms with van der Waals surface area (Å²) in [5, 5.41) is 12.2. The maximum atomic E-state index is 12.9. The van der Waals surface area contributed by atoms with E-state index in [1.807, 2.05) is 51.1 Å². The first kappa shape index (κ1) is 22.7. The summed E-state index contributed by atoms with van der Waals surface area (Å²) in [5.41, 5.74) is 4.50. The molecule has 8 nitrogen and oxygen atoms in total. The average Bonchev–Trinajstić information content (AvgIpc) is 3.41. The minimum Gasteiger partial charge on any atom is -0.496 e. The maximum absolute atomic E-state index is 12.9. The quantitative estimate of drug-likeness (QED) is 0.546. The number of amides is 1. The fourth-order valence-corrected chi connectivity index (χ4v) is 3.73. The fraction of sp³-hybridized carbons (Fsp3) is 0.292. The average molecular weight is 469 g/mol. The number of methoxy groups -OCH3 is 1. The van der Waals surface area contributed by atoms with Crippen molar-refractivity contribution in [2.45, 2.75) is 40.0 Å². The van der Waals surface area contributed by atoms with E-state index in [2.05, 4.69) is 15.6 Å². The molecule has 0 saturated heterocycles. The van der Waals surface area contributed by atoms with E-state index in [0.29, 0.717) is 40.0 Å². The summed E-state index contributed by atoms with van der Waals surface area (Å²) in [6.07, 6.45) is -0.391. The molecule has 0 saturated carbocycles. The van der Waals surface area contributed by atoms with Crippen LogP contribution in [0.4, 0.5) is 5.69 Å². The number of hydrogen-bond donors (Lipinski definition) is 1. The predicted molar refractivity (Wildman–Crippen MR) is 126 cm³/mol. The first-order valence-electron chi connectivity index (χ1n) is 10.5. The second-order valence-electron chi connectivity index (χ2n) is 7.76. The van der Waals surface area contributed by atoms with Crippen LogP contribution in [0, 0.1) is 20.8 Å². The number of rotatable bonds is 7. The second-order valence-corrected chi connectivity index (χ2v) is 8.16. The highest BCUT2D eigenvalue weighted by molar-refractivity contribution is 6.31.